The minimum Gasteiger partial charge on any atom is -0.427 e. The summed E-state index contributed by atoms with van der Waals surface area (Å²) in [6.45, 7) is 3.00. The molecule has 0 aliphatic carbocycles. The number of nitrogens with one attached hydrogen (secondary N) is 1. The molecule has 124 valence electrons. The van der Waals surface area contributed by atoms with Crippen molar-refractivity contribution in [3.05, 3.63) is 29.8 Å². The van der Waals surface area contributed by atoms with Crippen LogP contribution in [0.25, 0.3) is 0 Å². The van der Waals surface area contributed by atoms with Gasteiger partial charge >= 0.3 is 5.97 Å². The van der Waals surface area contributed by atoms with E-state index >= 15 is 0 Å². The molecule has 2 amide bonds. The number of esters is 1. The lowest BCUT2D eigenvalue weighted by atomic mass is 10.1. The number of nitrogens with two attached hydrogens (primary N) is 1. The summed E-state index contributed by atoms with van der Waals surface area (Å²) in [4.78, 5) is 45.6. The highest BCUT2D eigenvalue weighted by Crippen LogP contribution is 2.13. The van der Waals surface area contributed by atoms with Crippen molar-refractivity contribution in [3.8, 4) is 5.75 Å². The Kier molecular flexibility index (Phi) is 6.92. The number of hydrogen-bond acceptors (Lipinski definition) is 5. The van der Waals surface area contributed by atoms with Crippen molar-refractivity contribution in [2.45, 2.75) is 39.2 Å². The first-order chi connectivity index (χ1) is 10.8. The molecule has 0 heterocycles. The molecule has 1 aromatic carbocycles. The Hall–Kier alpha value is -2.70. The molecule has 0 saturated carbocycles. The van der Waals surface area contributed by atoms with Gasteiger partial charge in [0.2, 0.25) is 5.91 Å². The van der Waals surface area contributed by atoms with Gasteiger partial charge in [0.1, 0.15) is 17.6 Å². The maximum absolute atomic E-state index is 12.1. The largest absolute Gasteiger partial charge is 0.427 e. The lowest BCUT2D eigenvalue weighted by molar-refractivity contribution is -0.132. The summed E-state index contributed by atoms with van der Waals surface area (Å²) < 4.78 is 4.86. The van der Waals surface area contributed by atoms with Crippen LogP contribution in [0.5, 0.6) is 5.75 Å². The quantitative estimate of drug-likeness (QED) is 0.546. The fourth-order valence-corrected chi connectivity index (χ4v) is 1.85. The number of carbonyl (C=O) groups excluding carboxylic acids is 4. The average Bonchev–Trinajstić information content (AvgIpc) is 2.50. The van der Waals surface area contributed by atoms with Crippen LogP contribution in [0.3, 0.4) is 0 Å². The number of ketones is 1. The van der Waals surface area contributed by atoms with Crippen molar-refractivity contribution >= 4 is 23.6 Å². The van der Waals surface area contributed by atoms with Gasteiger partial charge in [-0.3, -0.25) is 19.2 Å². The Morgan fingerprint density at radius 3 is 2.26 bits per heavy atom. The van der Waals surface area contributed by atoms with E-state index in [0.29, 0.717) is 12.2 Å². The van der Waals surface area contributed by atoms with Crippen molar-refractivity contribution in [1.29, 1.82) is 0 Å². The van der Waals surface area contributed by atoms with Gasteiger partial charge in [0.05, 0.1) is 0 Å². The SMILES string of the molecule is CCC(=O)CC[C@H](NC(=O)c1ccc(OC(C)=O)cc1)C(N)=O. The molecule has 7 heteroatoms. The lowest BCUT2D eigenvalue weighted by Gasteiger charge is -2.15. The van der Waals surface area contributed by atoms with E-state index in [1.807, 2.05) is 0 Å². The summed E-state index contributed by atoms with van der Waals surface area (Å²) in [6, 6.07) is 4.95. The van der Waals surface area contributed by atoms with Crippen LogP contribution in [0, 0.1) is 0 Å². The van der Waals surface area contributed by atoms with Crippen LogP contribution >= 0.6 is 0 Å². The normalized spacial score (nSPS) is 11.4. The second-order valence-corrected chi connectivity index (χ2v) is 4.98. The smallest absolute Gasteiger partial charge is 0.308 e. The molecule has 0 aliphatic rings. The Morgan fingerprint density at radius 2 is 1.78 bits per heavy atom. The van der Waals surface area contributed by atoms with Gasteiger partial charge in [0.25, 0.3) is 5.91 Å². The van der Waals surface area contributed by atoms with E-state index < -0.39 is 23.8 Å². The van der Waals surface area contributed by atoms with Crippen molar-refractivity contribution in [3.63, 3.8) is 0 Å². The van der Waals surface area contributed by atoms with Gasteiger partial charge in [-0.25, -0.2) is 0 Å². The van der Waals surface area contributed by atoms with Crippen molar-refractivity contribution in [2.24, 2.45) is 5.73 Å². The third kappa shape index (κ3) is 6.29. The summed E-state index contributed by atoms with van der Waals surface area (Å²) in [5, 5.41) is 2.50. The Morgan fingerprint density at radius 1 is 1.17 bits per heavy atom. The fraction of sp³-hybridized carbons (Fsp3) is 0.375. The first kappa shape index (κ1) is 18.3. The summed E-state index contributed by atoms with van der Waals surface area (Å²) in [6.07, 6.45) is 0.714. The number of ether oxygens (including phenoxy) is 1. The highest BCUT2D eigenvalue weighted by Gasteiger charge is 2.19. The first-order valence-electron chi connectivity index (χ1n) is 7.23. The third-order valence-corrected chi connectivity index (χ3v) is 3.13. The number of hydrogen-bond donors (Lipinski definition) is 2. The summed E-state index contributed by atoms with van der Waals surface area (Å²) in [7, 11) is 0. The van der Waals surface area contributed by atoms with Crippen LogP contribution in [-0.4, -0.2) is 29.6 Å². The van der Waals surface area contributed by atoms with E-state index in [4.69, 9.17) is 10.5 Å². The predicted molar refractivity (Wildman–Crippen MR) is 82.7 cm³/mol. The highest BCUT2D eigenvalue weighted by atomic mass is 16.5. The Bertz CT molecular complexity index is 595. The van der Waals surface area contributed by atoms with E-state index in [1.165, 1.54) is 31.2 Å². The first-order valence-corrected chi connectivity index (χ1v) is 7.23. The van der Waals surface area contributed by atoms with Gasteiger partial charge in [-0.1, -0.05) is 6.92 Å². The van der Waals surface area contributed by atoms with E-state index in [0.717, 1.165) is 0 Å². The molecule has 0 fully saturated rings. The molecule has 0 saturated heterocycles. The van der Waals surface area contributed by atoms with E-state index in [1.54, 1.807) is 6.92 Å². The zero-order valence-electron chi connectivity index (χ0n) is 13.1. The molecule has 1 rings (SSSR count). The van der Waals surface area contributed by atoms with Gasteiger partial charge in [-0.05, 0) is 30.7 Å². The summed E-state index contributed by atoms with van der Waals surface area (Å²) in [5.41, 5.74) is 5.53. The second-order valence-electron chi connectivity index (χ2n) is 4.98. The van der Waals surface area contributed by atoms with Gasteiger partial charge in [-0.2, -0.15) is 0 Å². The van der Waals surface area contributed by atoms with Crippen molar-refractivity contribution < 1.29 is 23.9 Å². The predicted octanol–water partition coefficient (Wildman–Crippen LogP) is 0.955. The topological polar surface area (TPSA) is 116 Å². The van der Waals surface area contributed by atoms with Crippen LogP contribution < -0.4 is 15.8 Å². The highest BCUT2D eigenvalue weighted by molar-refractivity contribution is 5.97. The summed E-state index contributed by atoms with van der Waals surface area (Å²) >= 11 is 0. The number of Topliss-reactive ketones (excluding diaryl/α,β-unsaturated/α-hetero) is 1. The van der Waals surface area contributed by atoms with Crippen LogP contribution in [-0.2, 0) is 14.4 Å². The van der Waals surface area contributed by atoms with Crippen LogP contribution in [0.1, 0.15) is 43.5 Å². The molecule has 0 aromatic heterocycles. The van der Waals surface area contributed by atoms with E-state index in [-0.39, 0.29) is 24.2 Å². The van der Waals surface area contributed by atoms with Gasteiger partial charge in [-0.15, -0.1) is 0 Å². The van der Waals surface area contributed by atoms with E-state index in [2.05, 4.69) is 5.32 Å². The molecule has 0 radical (unpaired) electrons. The molecule has 1 aromatic rings. The monoisotopic (exact) mass is 320 g/mol. The molecule has 7 nitrogen and oxygen atoms in total. The van der Waals surface area contributed by atoms with Crippen molar-refractivity contribution in [1.82, 2.24) is 5.32 Å². The summed E-state index contributed by atoms with van der Waals surface area (Å²) in [5.74, 6) is -1.34. The average molecular weight is 320 g/mol. The maximum Gasteiger partial charge on any atom is 0.308 e. The molecular formula is C16H20N2O5. The minimum atomic E-state index is -0.911. The molecular weight excluding hydrogens is 300 g/mol. The van der Waals surface area contributed by atoms with Gasteiger partial charge in [0, 0.05) is 25.3 Å². The number of amides is 2. The zero-order chi connectivity index (χ0) is 17.4. The second kappa shape index (κ2) is 8.67. The molecule has 0 unspecified atom stereocenters. The molecule has 23 heavy (non-hydrogen) atoms. The molecule has 0 spiro atoms. The standard InChI is InChI=1S/C16H20N2O5/c1-3-12(20)6-9-14(15(17)21)18-16(22)11-4-7-13(8-5-11)23-10(2)19/h4-5,7-8,14H,3,6,9H2,1-2H3,(H2,17,21)(H,18,22)/t14-/m0/s1. The van der Waals surface area contributed by atoms with Crippen LogP contribution in [0.15, 0.2) is 24.3 Å². The fourth-order valence-electron chi connectivity index (χ4n) is 1.85. The maximum atomic E-state index is 12.1. The zero-order valence-corrected chi connectivity index (χ0v) is 13.1. The number of benzene rings is 1. The third-order valence-electron chi connectivity index (χ3n) is 3.13. The minimum absolute atomic E-state index is 0.00349. The van der Waals surface area contributed by atoms with Gasteiger partial charge in [0.15, 0.2) is 0 Å². The van der Waals surface area contributed by atoms with Crippen LogP contribution in [0.4, 0.5) is 0 Å². The number of rotatable bonds is 8. The number of carbonyl (C=O) groups is 4. The van der Waals surface area contributed by atoms with Crippen molar-refractivity contribution in [2.75, 3.05) is 0 Å². The van der Waals surface area contributed by atoms with Crippen LogP contribution in [0.2, 0.25) is 0 Å². The number of primary amides is 1. The Balaban J connectivity index is 2.69. The van der Waals surface area contributed by atoms with Gasteiger partial charge < -0.3 is 15.8 Å². The molecule has 0 bridgehead atoms. The lowest BCUT2D eigenvalue weighted by Crippen LogP contribution is -2.44. The Labute approximate surface area is 134 Å². The molecule has 0 aliphatic heterocycles. The van der Waals surface area contributed by atoms with E-state index in [9.17, 15) is 19.2 Å². The molecule has 3 N–H and O–H groups in total. The molecule has 1 atom stereocenters.